The van der Waals surface area contributed by atoms with Gasteiger partial charge < -0.3 is 14.4 Å². The zero-order valence-electron chi connectivity index (χ0n) is 14.6. The first-order valence-electron chi connectivity index (χ1n) is 7.80. The number of hydrogen-bond acceptors (Lipinski definition) is 5. The van der Waals surface area contributed by atoms with Gasteiger partial charge in [0.05, 0.1) is 12.0 Å². The van der Waals surface area contributed by atoms with E-state index in [1.165, 1.54) is 18.1 Å². The maximum Gasteiger partial charge on any atom is 0.410 e. The standard InChI is InChI=1S/C17H21F2NO4S/c1-17(2,3)24-16(22)20-7-5-10(6-8-20)11-9-12(14(18)19)25-13(11)15(21)23-4/h5,9,14H,6-8H2,1-4H3. The largest absolute Gasteiger partial charge is 0.465 e. The molecule has 1 aromatic rings. The van der Waals surface area contributed by atoms with Gasteiger partial charge in [-0.2, -0.15) is 0 Å². The number of esters is 1. The van der Waals surface area contributed by atoms with Gasteiger partial charge in [0.15, 0.2) is 0 Å². The molecule has 0 radical (unpaired) electrons. The number of methoxy groups -OCH3 is 1. The van der Waals surface area contributed by atoms with Gasteiger partial charge in [-0.15, -0.1) is 11.3 Å². The normalized spacial score (nSPS) is 15.2. The summed E-state index contributed by atoms with van der Waals surface area (Å²) in [6.45, 7) is 6.05. The van der Waals surface area contributed by atoms with Crippen molar-refractivity contribution < 1.29 is 27.8 Å². The Kier molecular flexibility index (Phi) is 5.82. The molecular weight excluding hydrogens is 352 g/mol. The van der Waals surface area contributed by atoms with Gasteiger partial charge in [-0.25, -0.2) is 18.4 Å². The number of ether oxygens (including phenoxy) is 2. The highest BCUT2D eigenvalue weighted by Gasteiger charge is 2.27. The van der Waals surface area contributed by atoms with Crippen LogP contribution in [-0.2, 0) is 9.47 Å². The van der Waals surface area contributed by atoms with Crippen LogP contribution in [0.3, 0.4) is 0 Å². The van der Waals surface area contributed by atoms with Gasteiger partial charge in [0.1, 0.15) is 10.5 Å². The van der Waals surface area contributed by atoms with Crippen molar-refractivity contribution in [2.75, 3.05) is 20.2 Å². The number of hydrogen-bond donors (Lipinski definition) is 0. The Balaban J connectivity index is 2.21. The Morgan fingerprint density at radius 2 is 2.00 bits per heavy atom. The van der Waals surface area contributed by atoms with Gasteiger partial charge in [-0.3, -0.25) is 0 Å². The summed E-state index contributed by atoms with van der Waals surface area (Å²) in [6.07, 6.45) is -0.862. The molecule has 0 aromatic carbocycles. The first kappa shape index (κ1) is 19.4. The Labute approximate surface area is 149 Å². The highest BCUT2D eigenvalue weighted by molar-refractivity contribution is 7.14. The topological polar surface area (TPSA) is 55.8 Å². The minimum absolute atomic E-state index is 0.162. The molecule has 2 heterocycles. The molecule has 0 bridgehead atoms. The molecule has 2 rings (SSSR count). The van der Waals surface area contributed by atoms with Crippen molar-refractivity contribution in [3.05, 3.63) is 27.5 Å². The smallest absolute Gasteiger partial charge is 0.410 e. The average Bonchev–Trinajstić information content (AvgIpc) is 2.98. The highest BCUT2D eigenvalue weighted by atomic mass is 32.1. The molecule has 1 aliphatic heterocycles. The fourth-order valence-electron chi connectivity index (χ4n) is 2.41. The third-order valence-corrected chi connectivity index (χ3v) is 4.67. The zero-order valence-corrected chi connectivity index (χ0v) is 15.4. The summed E-state index contributed by atoms with van der Waals surface area (Å²) in [5.41, 5.74) is 0.623. The van der Waals surface area contributed by atoms with Crippen molar-refractivity contribution in [2.24, 2.45) is 0 Å². The van der Waals surface area contributed by atoms with Crippen molar-refractivity contribution >= 4 is 29.0 Å². The SMILES string of the molecule is COC(=O)c1sc(C(F)F)cc1C1=CCN(C(=O)OC(C)(C)C)CC1. The molecule has 0 atom stereocenters. The minimum Gasteiger partial charge on any atom is -0.465 e. The van der Waals surface area contributed by atoms with E-state index in [1.54, 1.807) is 26.8 Å². The Morgan fingerprint density at radius 1 is 1.32 bits per heavy atom. The number of nitrogens with zero attached hydrogens (tertiary/aromatic N) is 1. The van der Waals surface area contributed by atoms with Crippen molar-refractivity contribution in [2.45, 2.75) is 39.2 Å². The Hall–Kier alpha value is -1.96. The first-order valence-corrected chi connectivity index (χ1v) is 8.61. The number of amides is 1. The van der Waals surface area contributed by atoms with E-state index in [-0.39, 0.29) is 9.75 Å². The lowest BCUT2D eigenvalue weighted by molar-refractivity contribution is 0.0270. The lowest BCUT2D eigenvalue weighted by Crippen LogP contribution is -2.39. The summed E-state index contributed by atoms with van der Waals surface area (Å²) in [6, 6.07) is 1.33. The molecule has 5 nitrogen and oxygen atoms in total. The van der Waals surface area contributed by atoms with Gasteiger partial charge in [0.2, 0.25) is 0 Å². The fraction of sp³-hybridized carbons (Fsp3) is 0.529. The maximum atomic E-state index is 13.0. The number of carbonyl (C=O) groups excluding carboxylic acids is 2. The second kappa shape index (κ2) is 7.51. The van der Waals surface area contributed by atoms with Crippen molar-refractivity contribution in [3.8, 4) is 0 Å². The van der Waals surface area contributed by atoms with Crippen LogP contribution in [0.15, 0.2) is 12.1 Å². The van der Waals surface area contributed by atoms with Gasteiger partial charge in [0.25, 0.3) is 6.43 Å². The highest BCUT2D eigenvalue weighted by Crippen LogP contribution is 2.36. The van der Waals surface area contributed by atoms with Gasteiger partial charge in [0, 0.05) is 18.7 Å². The predicted octanol–water partition coefficient (Wildman–Crippen LogP) is 4.50. The predicted molar refractivity (Wildman–Crippen MR) is 91.0 cm³/mol. The molecule has 8 heteroatoms. The van der Waals surface area contributed by atoms with Gasteiger partial charge in [-0.1, -0.05) is 6.08 Å². The quantitative estimate of drug-likeness (QED) is 0.732. The maximum absolute atomic E-state index is 13.0. The third kappa shape index (κ3) is 4.78. The molecule has 0 N–H and O–H groups in total. The molecule has 1 aliphatic rings. The summed E-state index contributed by atoms with van der Waals surface area (Å²) < 4.78 is 36.0. The lowest BCUT2D eigenvalue weighted by Gasteiger charge is -2.29. The number of rotatable bonds is 3. The zero-order chi connectivity index (χ0) is 18.8. The van der Waals surface area contributed by atoms with Crippen LogP contribution in [0.4, 0.5) is 13.6 Å². The Morgan fingerprint density at radius 3 is 2.48 bits per heavy atom. The molecule has 138 valence electrons. The second-order valence-electron chi connectivity index (χ2n) is 6.59. The van der Waals surface area contributed by atoms with E-state index in [9.17, 15) is 18.4 Å². The fourth-order valence-corrected chi connectivity index (χ4v) is 3.37. The number of thiophene rings is 1. The summed E-state index contributed by atoms with van der Waals surface area (Å²) in [4.78, 5) is 25.5. The van der Waals surface area contributed by atoms with E-state index in [4.69, 9.17) is 4.74 Å². The molecule has 0 fully saturated rings. The summed E-state index contributed by atoms with van der Waals surface area (Å²) in [7, 11) is 1.22. The monoisotopic (exact) mass is 373 g/mol. The van der Waals surface area contributed by atoms with Crippen molar-refractivity contribution in [1.82, 2.24) is 4.90 Å². The van der Waals surface area contributed by atoms with E-state index in [0.29, 0.717) is 25.1 Å². The van der Waals surface area contributed by atoms with E-state index in [2.05, 4.69) is 4.74 Å². The van der Waals surface area contributed by atoms with Crippen LogP contribution in [0.25, 0.3) is 5.57 Å². The summed E-state index contributed by atoms with van der Waals surface area (Å²) >= 11 is 0.738. The molecule has 1 aromatic heterocycles. The molecule has 0 unspecified atom stereocenters. The van der Waals surface area contributed by atoms with E-state index in [0.717, 1.165) is 16.9 Å². The van der Waals surface area contributed by atoms with Crippen LogP contribution in [0, 0.1) is 0 Å². The molecule has 25 heavy (non-hydrogen) atoms. The van der Waals surface area contributed by atoms with Crippen LogP contribution in [0.5, 0.6) is 0 Å². The molecule has 0 saturated heterocycles. The minimum atomic E-state index is -2.65. The lowest BCUT2D eigenvalue weighted by atomic mass is 9.99. The van der Waals surface area contributed by atoms with E-state index >= 15 is 0 Å². The average molecular weight is 373 g/mol. The molecule has 0 spiro atoms. The second-order valence-corrected chi connectivity index (χ2v) is 7.67. The van der Waals surface area contributed by atoms with Crippen LogP contribution < -0.4 is 0 Å². The summed E-state index contributed by atoms with van der Waals surface area (Å²) in [5.74, 6) is -0.637. The number of halogens is 2. The third-order valence-electron chi connectivity index (χ3n) is 3.54. The molecular formula is C17H21F2NO4S. The molecule has 0 aliphatic carbocycles. The molecule has 1 amide bonds. The summed E-state index contributed by atoms with van der Waals surface area (Å²) in [5, 5.41) is 0. The van der Waals surface area contributed by atoms with Crippen LogP contribution >= 0.6 is 11.3 Å². The van der Waals surface area contributed by atoms with E-state index in [1.807, 2.05) is 0 Å². The van der Waals surface area contributed by atoms with Crippen LogP contribution in [-0.4, -0.2) is 42.8 Å². The van der Waals surface area contributed by atoms with Crippen molar-refractivity contribution in [1.29, 1.82) is 0 Å². The van der Waals surface area contributed by atoms with Crippen LogP contribution in [0.2, 0.25) is 0 Å². The van der Waals surface area contributed by atoms with E-state index < -0.39 is 24.1 Å². The Bertz CT molecular complexity index is 691. The van der Waals surface area contributed by atoms with Gasteiger partial charge in [-0.05, 0) is 38.8 Å². The molecule has 0 saturated carbocycles. The first-order chi connectivity index (χ1) is 11.6. The van der Waals surface area contributed by atoms with Gasteiger partial charge >= 0.3 is 12.1 Å². The van der Waals surface area contributed by atoms with Crippen molar-refractivity contribution in [3.63, 3.8) is 0 Å². The number of carbonyl (C=O) groups is 2. The number of alkyl halides is 2. The van der Waals surface area contributed by atoms with Crippen LogP contribution in [0.1, 0.15) is 53.7 Å².